The first-order chi connectivity index (χ1) is 9.34. The fourth-order valence-corrected chi connectivity index (χ4v) is 3.43. The minimum Gasteiger partial charge on any atom is -0.368 e. The molecule has 3 heteroatoms. The summed E-state index contributed by atoms with van der Waals surface area (Å²) >= 11 is 0. The third-order valence-electron chi connectivity index (χ3n) is 4.11. The van der Waals surface area contributed by atoms with Crippen LogP contribution in [0.3, 0.4) is 0 Å². The van der Waals surface area contributed by atoms with Gasteiger partial charge >= 0.3 is 0 Å². The van der Waals surface area contributed by atoms with Crippen molar-refractivity contribution in [3.63, 3.8) is 0 Å². The molecule has 0 amide bonds. The summed E-state index contributed by atoms with van der Waals surface area (Å²) in [5, 5.41) is 0. The van der Waals surface area contributed by atoms with Gasteiger partial charge in [0.1, 0.15) is 0 Å². The van der Waals surface area contributed by atoms with Gasteiger partial charge in [0, 0.05) is 25.7 Å². The number of hydrogen-bond acceptors (Lipinski definition) is 3. The lowest BCUT2D eigenvalue weighted by Gasteiger charge is -2.36. The average molecular weight is 276 g/mol. The second-order valence-electron chi connectivity index (χ2n) is 6.93. The fraction of sp³-hybridized carbons (Fsp3) is 0.647. The summed E-state index contributed by atoms with van der Waals surface area (Å²) in [4.78, 5) is 2.48. The fourth-order valence-electron chi connectivity index (χ4n) is 3.43. The van der Waals surface area contributed by atoms with Gasteiger partial charge in [-0.3, -0.25) is 4.90 Å². The zero-order valence-corrected chi connectivity index (χ0v) is 13.2. The Kier molecular flexibility index (Phi) is 4.52. The van der Waals surface area contributed by atoms with E-state index in [2.05, 4.69) is 62.9 Å². The molecular weight excluding hydrogens is 248 g/mol. The number of rotatable bonds is 5. The predicted molar refractivity (Wildman–Crippen MR) is 83.6 cm³/mol. The number of nitrogens with zero attached hydrogens (tertiary/aromatic N) is 1. The van der Waals surface area contributed by atoms with Crippen molar-refractivity contribution in [2.75, 3.05) is 13.1 Å². The Hall–Kier alpha value is -0.900. The van der Waals surface area contributed by atoms with Crippen LogP contribution in [0.1, 0.15) is 39.7 Å². The van der Waals surface area contributed by atoms with E-state index in [0.717, 1.165) is 19.5 Å². The van der Waals surface area contributed by atoms with Crippen molar-refractivity contribution in [2.45, 2.75) is 57.9 Å². The van der Waals surface area contributed by atoms with Gasteiger partial charge in [0.25, 0.3) is 0 Å². The summed E-state index contributed by atoms with van der Waals surface area (Å²) in [6, 6.07) is 11.0. The van der Waals surface area contributed by atoms with Gasteiger partial charge in [-0.2, -0.15) is 0 Å². The van der Waals surface area contributed by atoms with Gasteiger partial charge in [0.2, 0.25) is 0 Å². The van der Waals surface area contributed by atoms with Crippen LogP contribution >= 0.6 is 0 Å². The van der Waals surface area contributed by atoms with E-state index >= 15 is 0 Å². The van der Waals surface area contributed by atoms with Crippen LogP contribution in [0.2, 0.25) is 0 Å². The van der Waals surface area contributed by atoms with Crippen molar-refractivity contribution in [2.24, 2.45) is 5.73 Å². The molecule has 1 saturated heterocycles. The summed E-state index contributed by atoms with van der Waals surface area (Å²) in [5.41, 5.74) is 6.97. The van der Waals surface area contributed by atoms with Gasteiger partial charge in [-0.1, -0.05) is 30.3 Å². The standard InChI is InChI=1S/C17H28N2O/c1-16(2)12-15(17(3,4)20-16)19(11-10-18)13-14-8-6-5-7-9-14/h5-9,15H,10-13,18H2,1-4H3. The molecule has 1 fully saturated rings. The Morgan fingerprint density at radius 2 is 1.85 bits per heavy atom. The van der Waals surface area contributed by atoms with Crippen molar-refractivity contribution < 1.29 is 4.74 Å². The molecule has 2 N–H and O–H groups in total. The molecule has 1 aromatic carbocycles. The van der Waals surface area contributed by atoms with Crippen LogP contribution in [-0.4, -0.2) is 35.2 Å². The second-order valence-corrected chi connectivity index (χ2v) is 6.93. The quantitative estimate of drug-likeness (QED) is 0.898. The van der Waals surface area contributed by atoms with E-state index in [0.29, 0.717) is 12.6 Å². The van der Waals surface area contributed by atoms with Crippen LogP contribution in [-0.2, 0) is 11.3 Å². The largest absolute Gasteiger partial charge is 0.368 e. The Balaban J connectivity index is 2.16. The van der Waals surface area contributed by atoms with E-state index < -0.39 is 0 Å². The molecule has 1 heterocycles. The lowest BCUT2D eigenvalue weighted by molar-refractivity contribution is -0.0810. The second kappa shape index (κ2) is 5.84. The van der Waals surface area contributed by atoms with Crippen LogP contribution in [0.15, 0.2) is 30.3 Å². The molecule has 0 saturated carbocycles. The molecule has 1 aliphatic heterocycles. The van der Waals surface area contributed by atoms with Crippen molar-refractivity contribution in [1.82, 2.24) is 4.90 Å². The van der Waals surface area contributed by atoms with E-state index in [-0.39, 0.29) is 11.2 Å². The SMILES string of the molecule is CC1(C)CC(N(CCN)Cc2ccccc2)C(C)(C)O1. The smallest absolute Gasteiger partial charge is 0.0789 e. The molecule has 0 spiro atoms. The van der Waals surface area contributed by atoms with Crippen LogP contribution in [0, 0.1) is 0 Å². The molecule has 20 heavy (non-hydrogen) atoms. The predicted octanol–water partition coefficient (Wildman–Crippen LogP) is 2.79. The minimum absolute atomic E-state index is 0.0578. The van der Waals surface area contributed by atoms with Gasteiger partial charge in [-0.15, -0.1) is 0 Å². The van der Waals surface area contributed by atoms with Gasteiger partial charge in [0.15, 0.2) is 0 Å². The maximum atomic E-state index is 6.23. The van der Waals surface area contributed by atoms with Crippen molar-refractivity contribution in [1.29, 1.82) is 0 Å². The van der Waals surface area contributed by atoms with Gasteiger partial charge in [-0.25, -0.2) is 0 Å². The molecule has 1 aliphatic rings. The van der Waals surface area contributed by atoms with Crippen molar-refractivity contribution in [3.05, 3.63) is 35.9 Å². The van der Waals surface area contributed by atoms with Crippen LogP contribution in [0.4, 0.5) is 0 Å². The lowest BCUT2D eigenvalue weighted by atomic mass is 9.92. The summed E-state index contributed by atoms with van der Waals surface area (Å²) in [5.74, 6) is 0. The minimum atomic E-state index is -0.131. The molecule has 1 atom stereocenters. The zero-order chi connectivity index (χ0) is 14.8. The maximum Gasteiger partial charge on any atom is 0.0789 e. The molecule has 0 radical (unpaired) electrons. The van der Waals surface area contributed by atoms with Crippen molar-refractivity contribution >= 4 is 0 Å². The monoisotopic (exact) mass is 276 g/mol. The summed E-state index contributed by atoms with van der Waals surface area (Å²) < 4.78 is 6.23. The maximum absolute atomic E-state index is 6.23. The Bertz CT molecular complexity index is 428. The highest BCUT2D eigenvalue weighted by molar-refractivity contribution is 5.15. The molecule has 2 rings (SSSR count). The first kappa shape index (κ1) is 15.5. The summed E-state index contributed by atoms with van der Waals surface area (Å²) in [7, 11) is 0. The van der Waals surface area contributed by atoms with Crippen LogP contribution < -0.4 is 5.73 Å². The highest BCUT2D eigenvalue weighted by Crippen LogP contribution is 2.40. The highest BCUT2D eigenvalue weighted by Gasteiger charge is 2.48. The molecule has 1 aromatic rings. The molecule has 0 bridgehead atoms. The van der Waals surface area contributed by atoms with E-state index in [4.69, 9.17) is 10.5 Å². The Morgan fingerprint density at radius 1 is 1.20 bits per heavy atom. The van der Waals surface area contributed by atoms with Crippen molar-refractivity contribution in [3.8, 4) is 0 Å². The average Bonchev–Trinajstić information content (AvgIpc) is 2.58. The first-order valence-corrected chi connectivity index (χ1v) is 7.52. The van der Waals surface area contributed by atoms with Crippen LogP contribution in [0.25, 0.3) is 0 Å². The van der Waals surface area contributed by atoms with Gasteiger partial charge in [0.05, 0.1) is 11.2 Å². The number of ether oxygens (including phenoxy) is 1. The normalized spacial score (nSPS) is 24.2. The van der Waals surface area contributed by atoms with E-state index in [9.17, 15) is 0 Å². The molecule has 1 unspecified atom stereocenters. The van der Waals surface area contributed by atoms with Gasteiger partial charge in [-0.05, 0) is 39.7 Å². The molecule has 0 aliphatic carbocycles. The third-order valence-corrected chi connectivity index (χ3v) is 4.11. The number of benzene rings is 1. The molecule has 3 nitrogen and oxygen atoms in total. The molecule has 0 aromatic heterocycles. The topological polar surface area (TPSA) is 38.5 Å². The lowest BCUT2D eigenvalue weighted by Crippen LogP contribution is -2.47. The van der Waals surface area contributed by atoms with Gasteiger partial charge < -0.3 is 10.5 Å². The van der Waals surface area contributed by atoms with E-state index in [1.165, 1.54) is 5.56 Å². The van der Waals surface area contributed by atoms with E-state index in [1.54, 1.807) is 0 Å². The number of nitrogens with two attached hydrogens (primary N) is 1. The highest BCUT2D eigenvalue weighted by atomic mass is 16.5. The Labute approximate surface area is 123 Å². The number of hydrogen-bond donors (Lipinski definition) is 1. The van der Waals surface area contributed by atoms with Crippen LogP contribution in [0.5, 0.6) is 0 Å². The Morgan fingerprint density at radius 3 is 2.35 bits per heavy atom. The third kappa shape index (κ3) is 3.60. The molecule has 112 valence electrons. The molecular formula is C17H28N2O. The first-order valence-electron chi connectivity index (χ1n) is 7.52. The van der Waals surface area contributed by atoms with E-state index in [1.807, 2.05) is 0 Å². The zero-order valence-electron chi connectivity index (χ0n) is 13.2. The summed E-state index contributed by atoms with van der Waals surface area (Å²) in [6.45, 7) is 11.3. The summed E-state index contributed by atoms with van der Waals surface area (Å²) in [6.07, 6.45) is 1.05.